The number of benzene rings is 2. The summed E-state index contributed by atoms with van der Waals surface area (Å²) in [6.45, 7) is 1.96. The van der Waals surface area contributed by atoms with E-state index in [2.05, 4.69) is 10.1 Å². The lowest BCUT2D eigenvalue weighted by molar-refractivity contribution is 0.0982. The zero-order valence-corrected chi connectivity index (χ0v) is 13.1. The van der Waals surface area contributed by atoms with Gasteiger partial charge in [0.25, 0.3) is 5.91 Å². The summed E-state index contributed by atoms with van der Waals surface area (Å²) in [6, 6.07) is 10.5. The van der Waals surface area contributed by atoms with E-state index < -0.39 is 17.5 Å². The summed E-state index contributed by atoms with van der Waals surface area (Å²) in [5, 5.41) is 4.12. The molecule has 1 amide bonds. The second-order valence-electron chi connectivity index (χ2n) is 5.31. The average Bonchev–Trinajstić information content (AvgIpc) is 3.04. The van der Waals surface area contributed by atoms with Crippen LogP contribution in [0.25, 0.3) is 5.69 Å². The summed E-state index contributed by atoms with van der Waals surface area (Å²) in [6.07, 6.45) is 1.41. The lowest BCUT2D eigenvalue weighted by atomic mass is 10.2. The number of anilines is 1. The van der Waals surface area contributed by atoms with Crippen molar-refractivity contribution in [1.29, 1.82) is 0 Å². The van der Waals surface area contributed by atoms with Crippen molar-refractivity contribution < 1.29 is 13.6 Å². The molecule has 2 aromatic carbocycles. The number of amides is 1. The van der Waals surface area contributed by atoms with E-state index in [1.165, 1.54) is 24.1 Å². The summed E-state index contributed by atoms with van der Waals surface area (Å²) in [5.74, 6) is -2.21. The van der Waals surface area contributed by atoms with Crippen molar-refractivity contribution in [1.82, 2.24) is 14.8 Å². The summed E-state index contributed by atoms with van der Waals surface area (Å²) < 4.78 is 28.2. The first-order valence-electron chi connectivity index (χ1n) is 7.17. The van der Waals surface area contributed by atoms with Crippen LogP contribution in [0, 0.1) is 18.6 Å². The Hall–Kier alpha value is -3.09. The number of aryl methyl sites for hydroxylation is 1. The zero-order valence-electron chi connectivity index (χ0n) is 13.1. The average molecular weight is 328 g/mol. The predicted octanol–water partition coefficient (Wildman–Crippen LogP) is 3.13. The molecule has 0 aliphatic heterocycles. The van der Waals surface area contributed by atoms with Gasteiger partial charge in [0, 0.05) is 13.1 Å². The molecule has 0 aliphatic carbocycles. The smallest absolute Gasteiger partial charge is 0.297 e. The topological polar surface area (TPSA) is 51.0 Å². The molecule has 0 N–H and O–H groups in total. The summed E-state index contributed by atoms with van der Waals surface area (Å²) in [7, 11) is 1.38. The predicted molar refractivity (Wildman–Crippen MR) is 85.2 cm³/mol. The van der Waals surface area contributed by atoms with Crippen molar-refractivity contribution in [3.63, 3.8) is 0 Å². The van der Waals surface area contributed by atoms with Crippen molar-refractivity contribution in [3.8, 4) is 5.69 Å². The minimum atomic E-state index is -0.830. The maximum absolute atomic E-state index is 13.8. The first-order valence-corrected chi connectivity index (χ1v) is 7.17. The van der Waals surface area contributed by atoms with Crippen LogP contribution < -0.4 is 4.90 Å². The van der Waals surface area contributed by atoms with Gasteiger partial charge >= 0.3 is 0 Å². The van der Waals surface area contributed by atoms with E-state index in [0.717, 1.165) is 28.3 Å². The molecule has 122 valence electrons. The molecular formula is C17H14F2N4O. The van der Waals surface area contributed by atoms with Gasteiger partial charge < -0.3 is 4.90 Å². The molecule has 0 saturated carbocycles. The molecule has 1 aromatic heterocycles. The Bertz CT molecular complexity index is 890. The third-order valence-corrected chi connectivity index (χ3v) is 3.56. The van der Waals surface area contributed by atoms with Crippen LogP contribution in [-0.2, 0) is 0 Å². The Labute approximate surface area is 137 Å². The molecule has 0 spiro atoms. The largest absolute Gasteiger partial charge is 0.306 e. The van der Waals surface area contributed by atoms with E-state index in [-0.39, 0.29) is 11.5 Å². The quantitative estimate of drug-likeness (QED) is 0.742. The van der Waals surface area contributed by atoms with Crippen LogP contribution in [0.1, 0.15) is 16.2 Å². The molecule has 5 nitrogen and oxygen atoms in total. The Morgan fingerprint density at radius 1 is 1.12 bits per heavy atom. The monoisotopic (exact) mass is 328 g/mol. The lowest BCUT2D eigenvalue weighted by Crippen LogP contribution is -2.28. The van der Waals surface area contributed by atoms with Crippen molar-refractivity contribution in [2.45, 2.75) is 6.92 Å². The Morgan fingerprint density at radius 2 is 1.83 bits per heavy atom. The van der Waals surface area contributed by atoms with E-state index in [9.17, 15) is 13.6 Å². The van der Waals surface area contributed by atoms with Crippen molar-refractivity contribution >= 4 is 11.6 Å². The van der Waals surface area contributed by atoms with Gasteiger partial charge in [-0.3, -0.25) is 4.79 Å². The molecule has 0 bridgehead atoms. The second-order valence-corrected chi connectivity index (χ2v) is 5.31. The second kappa shape index (κ2) is 6.19. The number of hydrogen-bond acceptors (Lipinski definition) is 3. The molecule has 3 rings (SSSR count). The van der Waals surface area contributed by atoms with Gasteiger partial charge in [-0.15, -0.1) is 5.10 Å². The minimum absolute atomic E-state index is 0.0481. The van der Waals surface area contributed by atoms with Crippen LogP contribution in [0.3, 0.4) is 0 Å². The molecule has 0 fully saturated rings. The van der Waals surface area contributed by atoms with E-state index in [1.54, 1.807) is 0 Å². The van der Waals surface area contributed by atoms with Gasteiger partial charge in [0.15, 0.2) is 0 Å². The van der Waals surface area contributed by atoms with Crippen LogP contribution in [0.5, 0.6) is 0 Å². The number of nitrogens with zero attached hydrogens (tertiary/aromatic N) is 4. The van der Waals surface area contributed by atoms with Crippen LogP contribution in [0.2, 0.25) is 0 Å². The number of hydrogen-bond donors (Lipinski definition) is 0. The highest BCUT2D eigenvalue weighted by molar-refractivity contribution is 6.03. The third kappa shape index (κ3) is 3.01. The molecule has 7 heteroatoms. The van der Waals surface area contributed by atoms with E-state index in [4.69, 9.17) is 0 Å². The highest BCUT2D eigenvalue weighted by Crippen LogP contribution is 2.20. The third-order valence-electron chi connectivity index (χ3n) is 3.56. The van der Waals surface area contributed by atoms with Crippen molar-refractivity contribution in [3.05, 3.63) is 71.8 Å². The number of carbonyl (C=O) groups excluding carboxylic acids is 1. The highest BCUT2D eigenvalue weighted by Gasteiger charge is 2.21. The van der Waals surface area contributed by atoms with Gasteiger partial charge in [-0.05, 0) is 31.2 Å². The lowest BCUT2D eigenvalue weighted by Gasteiger charge is -2.16. The maximum Gasteiger partial charge on any atom is 0.297 e. The highest BCUT2D eigenvalue weighted by atomic mass is 19.1. The zero-order chi connectivity index (χ0) is 17.3. The Kier molecular flexibility index (Phi) is 4.07. The molecule has 3 aromatic rings. The first-order chi connectivity index (χ1) is 11.5. The van der Waals surface area contributed by atoms with Crippen LogP contribution in [0.4, 0.5) is 14.5 Å². The summed E-state index contributed by atoms with van der Waals surface area (Å²) >= 11 is 0. The standard InChI is InChI=1S/C17H14F2N4O/c1-11-3-6-13(7-4-11)23-10-20-16(21-23)17(24)22(2)15-8-5-12(18)9-14(15)19/h3-10H,1-2H3. The normalized spacial score (nSPS) is 10.7. The SMILES string of the molecule is Cc1ccc(-n2cnc(C(=O)N(C)c3ccc(F)cc3F)n2)cc1. The van der Waals surface area contributed by atoms with Gasteiger partial charge in [-0.2, -0.15) is 0 Å². The molecule has 0 saturated heterocycles. The van der Waals surface area contributed by atoms with Crippen molar-refractivity contribution in [2.24, 2.45) is 0 Å². The number of aromatic nitrogens is 3. The van der Waals surface area contributed by atoms with Crippen LogP contribution in [0.15, 0.2) is 48.8 Å². The van der Waals surface area contributed by atoms with E-state index in [1.807, 2.05) is 31.2 Å². The maximum atomic E-state index is 13.8. The fraction of sp³-hybridized carbons (Fsp3) is 0.118. The molecule has 0 unspecified atom stereocenters. The Morgan fingerprint density at radius 3 is 2.50 bits per heavy atom. The molecule has 0 aliphatic rings. The summed E-state index contributed by atoms with van der Waals surface area (Å²) in [4.78, 5) is 17.4. The van der Waals surface area contributed by atoms with Crippen LogP contribution in [-0.4, -0.2) is 27.7 Å². The van der Waals surface area contributed by atoms with Gasteiger partial charge in [0.2, 0.25) is 5.82 Å². The van der Waals surface area contributed by atoms with Crippen LogP contribution >= 0.6 is 0 Å². The molecule has 1 heterocycles. The van der Waals surface area contributed by atoms with Gasteiger partial charge in [0.05, 0.1) is 11.4 Å². The number of carbonyl (C=O) groups is 1. The van der Waals surface area contributed by atoms with Gasteiger partial charge in [-0.25, -0.2) is 18.4 Å². The minimum Gasteiger partial charge on any atom is -0.306 e. The number of halogens is 2. The first kappa shape index (κ1) is 15.8. The van der Waals surface area contributed by atoms with Gasteiger partial charge in [0.1, 0.15) is 18.0 Å². The molecule has 0 radical (unpaired) electrons. The molecule has 0 atom stereocenters. The number of rotatable bonds is 3. The summed E-state index contributed by atoms with van der Waals surface area (Å²) in [5.41, 5.74) is 1.80. The van der Waals surface area contributed by atoms with Crippen molar-refractivity contribution in [2.75, 3.05) is 11.9 Å². The fourth-order valence-corrected chi connectivity index (χ4v) is 2.20. The van der Waals surface area contributed by atoms with E-state index in [0.29, 0.717) is 0 Å². The Balaban J connectivity index is 1.86. The molecule has 24 heavy (non-hydrogen) atoms. The fourth-order valence-electron chi connectivity index (χ4n) is 2.20. The van der Waals surface area contributed by atoms with E-state index >= 15 is 0 Å². The van der Waals surface area contributed by atoms with Gasteiger partial charge in [-0.1, -0.05) is 17.7 Å². The molecular weight excluding hydrogens is 314 g/mol.